The Hall–Kier alpha value is -3.03. The van der Waals surface area contributed by atoms with Gasteiger partial charge in [-0.1, -0.05) is 20.8 Å². The van der Waals surface area contributed by atoms with Crippen LogP contribution in [0.1, 0.15) is 73.7 Å². The van der Waals surface area contributed by atoms with Crippen LogP contribution in [0.4, 0.5) is 5.82 Å². The highest BCUT2D eigenvalue weighted by Gasteiger charge is 2.43. The van der Waals surface area contributed by atoms with Gasteiger partial charge in [-0.15, -0.1) is 0 Å². The van der Waals surface area contributed by atoms with Crippen LogP contribution in [0.3, 0.4) is 0 Å². The molecule has 0 aromatic carbocycles. The average Bonchev–Trinajstić information content (AvgIpc) is 3.41. The Balaban J connectivity index is 1.50. The average molecular weight is 435 g/mol. The minimum atomic E-state index is -0.102. The number of furan rings is 1. The van der Waals surface area contributed by atoms with Crippen molar-refractivity contribution in [3.05, 3.63) is 40.9 Å². The fourth-order valence-electron chi connectivity index (χ4n) is 4.32. The van der Waals surface area contributed by atoms with Crippen LogP contribution < -0.4 is 4.90 Å². The van der Waals surface area contributed by atoms with E-state index in [2.05, 4.69) is 47.5 Å². The number of fused-ring (bicyclic) bond motifs is 2. The van der Waals surface area contributed by atoms with E-state index in [9.17, 15) is 4.79 Å². The number of aromatic nitrogens is 4. The highest BCUT2D eigenvalue weighted by molar-refractivity contribution is 6.10. The highest BCUT2D eigenvalue weighted by atomic mass is 16.3. The van der Waals surface area contributed by atoms with Crippen LogP contribution in [-0.2, 0) is 18.4 Å². The van der Waals surface area contributed by atoms with Gasteiger partial charge in [0.2, 0.25) is 5.71 Å². The number of rotatable bonds is 3. The highest BCUT2D eigenvalue weighted by Crippen LogP contribution is 2.44. The van der Waals surface area contributed by atoms with Crippen LogP contribution in [0.25, 0.3) is 11.1 Å². The summed E-state index contributed by atoms with van der Waals surface area (Å²) >= 11 is 0. The molecule has 3 aromatic heterocycles. The summed E-state index contributed by atoms with van der Waals surface area (Å²) in [6.45, 7) is 11.5. The zero-order valence-corrected chi connectivity index (χ0v) is 19.7. The summed E-state index contributed by atoms with van der Waals surface area (Å²) in [7, 11) is 2.03. The molecule has 8 heteroatoms. The molecule has 0 bridgehead atoms. The Morgan fingerprint density at radius 1 is 1.22 bits per heavy atom. The van der Waals surface area contributed by atoms with E-state index in [0.29, 0.717) is 41.9 Å². The van der Waals surface area contributed by atoms with E-state index in [-0.39, 0.29) is 16.9 Å². The SMILES string of the molecule is Cc1oc2ncnc(N(C)C3(C)CC3)c2c1C(=O)N1CCc2nc(C(C)(C)C)ncc2C1. The van der Waals surface area contributed by atoms with Crippen LogP contribution >= 0.6 is 0 Å². The summed E-state index contributed by atoms with van der Waals surface area (Å²) in [5, 5.41) is 0.704. The van der Waals surface area contributed by atoms with E-state index in [0.717, 1.165) is 35.7 Å². The monoisotopic (exact) mass is 434 g/mol. The van der Waals surface area contributed by atoms with Gasteiger partial charge in [0, 0.05) is 49.3 Å². The molecule has 1 fully saturated rings. The number of hydrogen-bond acceptors (Lipinski definition) is 7. The molecule has 168 valence electrons. The van der Waals surface area contributed by atoms with E-state index >= 15 is 0 Å². The van der Waals surface area contributed by atoms with Crippen molar-refractivity contribution in [1.29, 1.82) is 0 Å². The number of amides is 1. The van der Waals surface area contributed by atoms with Crippen LogP contribution in [0, 0.1) is 6.92 Å². The Morgan fingerprint density at radius 2 is 1.97 bits per heavy atom. The predicted octanol–water partition coefficient (Wildman–Crippen LogP) is 3.81. The fourth-order valence-corrected chi connectivity index (χ4v) is 4.32. The van der Waals surface area contributed by atoms with E-state index in [1.165, 1.54) is 6.33 Å². The van der Waals surface area contributed by atoms with Gasteiger partial charge in [0.05, 0.1) is 16.6 Å². The van der Waals surface area contributed by atoms with E-state index in [1.54, 1.807) is 0 Å². The van der Waals surface area contributed by atoms with Gasteiger partial charge in [0.25, 0.3) is 5.91 Å². The van der Waals surface area contributed by atoms with Gasteiger partial charge in [-0.25, -0.2) is 19.9 Å². The van der Waals surface area contributed by atoms with Crippen LogP contribution in [0.15, 0.2) is 16.9 Å². The van der Waals surface area contributed by atoms with Crippen molar-refractivity contribution < 1.29 is 9.21 Å². The molecule has 0 N–H and O–H groups in total. The summed E-state index contributed by atoms with van der Waals surface area (Å²) < 4.78 is 5.91. The van der Waals surface area contributed by atoms with E-state index in [4.69, 9.17) is 9.40 Å². The molecular formula is C24H30N6O2. The first-order valence-electron chi connectivity index (χ1n) is 11.2. The number of anilines is 1. The first-order chi connectivity index (χ1) is 15.1. The molecule has 5 rings (SSSR count). The van der Waals surface area contributed by atoms with Crippen molar-refractivity contribution in [2.24, 2.45) is 0 Å². The Bertz CT molecular complexity index is 1220. The lowest BCUT2D eigenvalue weighted by Gasteiger charge is -2.30. The Labute approximate surface area is 188 Å². The fraction of sp³-hybridized carbons (Fsp3) is 0.542. The number of aryl methyl sites for hydroxylation is 1. The molecule has 0 atom stereocenters. The van der Waals surface area contributed by atoms with Crippen LogP contribution in [-0.4, -0.2) is 49.9 Å². The molecule has 0 saturated heterocycles. The van der Waals surface area contributed by atoms with Gasteiger partial charge in [-0.2, -0.15) is 0 Å². The summed E-state index contributed by atoms with van der Waals surface area (Å²) in [6.07, 6.45) is 6.31. The lowest BCUT2D eigenvalue weighted by Crippen LogP contribution is -2.37. The normalized spacial score (nSPS) is 17.4. The zero-order valence-electron chi connectivity index (χ0n) is 19.7. The van der Waals surface area contributed by atoms with Crippen molar-refractivity contribution in [1.82, 2.24) is 24.8 Å². The van der Waals surface area contributed by atoms with Gasteiger partial charge in [-0.3, -0.25) is 4.79 Å². The first kappa shape index (κ1) is 20.8. The number of nitrogens with zero attached hydrogens (tertiary/aromatic N) is 6. The first-order valence-corrected chi connectivity index (χ1v) is 11.2. The second kappa shape index (κ2) is 6.98. The predicted molar refractivity (Wildman–Crippen MR) is 122 cm³/mol. The van der Waals surface area contributed by atoms with Crippen molar-refractivity contribution >= 4 is 22.8 Å². The lowest BCUT2D eigenvalue weighted by molar-refractivity contribution is 0.0733. The quantitative estimate of drug-likeness (QED) is 0.619. The summed E-state index contributed by atoms with van der Waals surface area (Å²) in [6, 6.07) is 0. The molecule has 1 amide bonds. The number of carbonyl (C=O) groups is 1. The molecule has 3 aromatic rings. The van der Waals surface area contributed by atoms with Crippen LogP contribution in [0.2, 0.25) is 0 Å². The number of carbonyl (C=O) groups excluding carboxylic acids is 1. The Morgan fingerprint density at radius 3 is 2.66 bits per heavy atom. The van der Waals surface area contributed by atoms with Gasteiger partial charge in [0.15, 0.2) is 0 Å². The summed E-state index contributed by atoms with van der Waals surface area (Å²) in [5.74, 6) is 2.11. The van der Waals surface area contributed by atoms with Gasteiger partial charge < -0.3 is 14.2 Å². The van der Waals surface area contributed by atoms with Gasteiger partial charge in [-0.05, 0) is 26.7 Å². The number of hydrogen-bond donors (Lipinski definition) is 0. The van der Waals surface area contributed by atoms with Gasteiger partial charge in [0.1, 0.15) is 23.7 Å². The third-order valence-corrected chi connectivity index (χ3v) is 6.85. The smallest absolute Gasteiger partial charge is 0.258 e. The third-order valence-electron chi connectivity index (χ3n) is 6.85. The molecule has 0 radical (unpaired) electrons. The zero-order chi connectivity index (χ0) is 22.8. The minimum Gasteiger partial charge on any atom is -0.442 e. The second-order valence-electron chi connectivity index (χ2n) is 10.4. The lowest BCUT2D eigenvalue weighted by atomic mass is 9.95. The molecule has 1 aliphatic heterocycles. The van der Waals surface area contributed by atoms with Crippen LogP contribution in [0.5, 0.6) is 0 Å². The Kier molecular flexibility index (Phi) is 4.55. The van der Waals surface area contributed by atoms with Crippen molar-refractivity contribution in [3.63, 3.8) is 0 Å². The largest absolute Gasteiger partial charge is 0.442 e. The maximum Gasteiger partial charge on any atom is 0.258 e. The molecular weight excluding hydrogens is 404 g/mol. The molecule has 4 heterocycles. The maximum absolute atomic E-state index is 13.7. The van der Waals surface area contributed by atoms with Crippen molar-refractivity contribution in [2.45, 2.75) is 71.4 Å². The summed E-state index contributed by atoms with van der Waals surface area (Å²) in [4.78, 5) is 35.9. The molecule has 8 nitrogen and oxygen atoms in total. The molecule has 32 heavy (non-hydrogen) atoms. The van der Waals surface area contributed by atoms with E-state index < -0.39 is 0 Å². The third kappa shape index (κ3) is 3.32. The summed E-state index contributed by atoms with van der Waals surface area (Å²) in [5.41, 5.74) is 3.02. The molecule has 1 aliphatic carbocycles. The topological polar surface area (TPSA) is 88.3 Å². The maximum atomic E-state index is 13.7. The minimum absolute atomic E-state index is 0.0582. The van der Waals surface area contributed by atoms with Crippen molar-refractivity contribution in [3.8, 4) is 0 Å². The molecule has 0 spiro atoms. The van der Waals surface area contributed by atoms with Crippen molar-refractivity contribution in [2.75, 3.05) is 18.5 Å². The second-order valence-corrected chi connectivity index (χ2v) is 10.4. The molecule has 1 saturated carbocycles. The molecule has 2 aliphatic rings. The van der Waals surface area contributed by atoms with E-state index in [1.807, 2.05) is 25.1 Å². The standard InChI is InChI=1S/C24H30N6O2/c1-14-17(18-19(26-13-27-20(18)32-14)29(6)24(5)8-9-24)21(31)30-10-7-16-15(12-30)11-25-22(28-16)23(2,3)4/h11,13H,7-10,12H2,1-6H3. The molecule has 0 unspecified atom stereocenters. The van der Waals surface area contributed by atoms with Gasteiger partial charge >= 0.3 is 0 Å².